The second-order valence-electron chi connectivity index (χ2n) is 4.99. The fourth-order valence-electron chi connectivity index (χ4n) is 2.44. The molecule has 0 spiro atoms. The average molecular weight is 278 g/mol. The van der Waals surface area contributed by atoms with E-state index in [2.05, 4.69) is 4.98 Å². The van der Waals surface area contributed by atoms with Crippen molar-refractivity contribution >= 4 is 5.65 Å². The number of imidazole rings is 1. The predicted octanol–water partition coefficient (Wildman–Crippen LogP) is 2.03. The molecule has 0 aliphatic carbocycles. The van der Waals surface area contributed by atoms with Gasteiger partial charge in [-0.05, 0) is 37.6 Å². The van der Waals surface area contributed by atoms with Crippen LogP contribution in [0.2, 0.25) is 0 Å². The first kappa shape index (κ1) is 13.1. The number of fused-ring (bicyclic) bond motifs is 1. The molecule has 0 saturated carbocycles. The maximum atomic E-state index is 12.3. The molecule has 104 valence electrons. The number of aromatic nitrogens is 3. The van der Waals surface area contributed by atoms with Gasteiger partial charge >= 0.3 is 0 Å². The van der Waals surface area contributed by atoms with Crippen LogP contribution < -0.4 is 5.56 Å². The first-order valence-corrected chi connectivity index (χ1v) is 6.64. The first-order chi connectivity index (χ1) is 10.1. The van der Waals surface area contributed by atoms with Crippen molar-refractivity contribution in [3.05, 3.63) is 69.5 Å². The summed E-state index contributed by atoms with van der Waals surface area (Å²) in [6.45, 7) is 4.08. The summed E-state index contributed by atoms with van der Waals surface area (Å²) in [7, 11) is 0. The molecule has 3 rings (SSSR count). The molecule has 21 heavy (non-hydrogen) atoms. The van der Waals surface area contributed by atoms with Crippen LogP contribution in [0.1, 0.15) is 22.5 Å². The molecular formula is C16H14N4O. The Morgan fingerprint density at radius 1 is 1.24 bits per heavy atom. The van der Waals surface area contributed by atoms with Crippen LogP contribution in [-0.4, -0.2) is 14.0 Å². The molecule has 0 aliphatic heterocycles. The van der Waals surface area contributed by atoms with E-state index in [1.54, 1.807) is 23.8 Å². The van der Waals surface area contributed by atoms with E-state index >= 15 is 0 Å². The number of rotatable bonds is 2. The van der Waals surface area contributed by atoms with Crippen molar-refractivity contribution in [2.75, 3.05) is 0 Å². The minimum Gasteiger partial charge on any atom is -0.308 e. The zero-order chi connectivity index (χ0) is 15.0. The summed E-state index contributed by atoms with van der Waals surface area (Å²) < 4.78 is 3.52. The van der Waals surface area contributed by atoms with Gasteiger partial charge in [-0.3, -0.25) is 4.79 Å². The number of hydrogen-bond donors (Lipinski definition) is 0. The second kappa shape index (κ2) is 4.91. The van der Waals surface area contributed by atoms with E-state index in [9.17, 15) is 4.79 Å². The molecule has 0 aromatic carbocycles. The Bertz CT molecular complexity index is 928. The fourth-order valence-corrected chi connectivity index (χ4v) is 2.44. The monoisotopic (exact) mass is 278 g/mol. The Hall–Kier alpha value is -2.87. The first-order valence-electron chi connectivity index (χ1n) is 6.64. The lowest BCUT2D eigenvalue weighted by Gasteiger charge is -2.08. The van der Waals surface area contributed by atoms with Crippen LogP contribution in [0.4, 0.5) is 0 Å². The molecule has 0 radical (unpaired) electrons. The Labute approximate surface area is 121 Å². The molecule has 0 saturated heterocycles. The zero-order valence-corrected chi connectivity index (χ0v) is 11.9. The Kier molecular flexibility index (Phi) is 3.07. The zero-order valence-electron chi connectivity index (χ0n) is 11.9. The third kappa shape index (κ3) is 2.11. The van der Waals surface area contributed by atoms with Crippen LogP contribution in [0.5, 0.6) is 0 Å². The van der Waals surface area contributed by atoms with Gasteiger partial charge in [-0.15, -0.1) is 0 Å². The third-order valence-electron chi connectivity index (χ3n) is 3.63. The number of nitriles is 1. The van der Waals surface area contributed by atoms with Crippen molar-refractivity contribution in [1.82, 2.24) is 14.0 Å². The SMILES string of the molecule is Cc1ccn(Cc2c(C)nc3ccccn23)c(=O)c1C#N. The van der Waals surface area contributed by atoms with Crippen molar-refractivity contribution in [3.8, 4) is 6.07 Å². The quantitative estimate of drug-likeness (QED) is 0.720. The normalized spacial score (nSPS) is 10.7. The number of nitrogens with zero attached hydrogens (tertiary/aromatic N) is 4. The molecule has 0 aliphatic rings. The summed E-state index contributed by atoms with van der Waals surface area (Å²) in [5, 5.41) is 9.10. The largest absolute Gasteiger partial charge is 0.308 e. The second-order valence-corrected chi connectivity index (χ2v) is 4.99. The van der Waals surface area contributed by atoms with Crippen LogP contribution in [0.25, 0.3) is 5.65 Å². The minimum atomic E-state index is -0.261. The lowest BCUT2D eigenvalue weighted by atomic mass is 10.2. The molecule has 5 nitrogen and oxygen atoms in total. The highest BCUT2D eigenvalue weighted by Gasteiger charge is 2.12. The smallest absolute Gasteiger partial charge is 0.269 e. The minimum absolute atomic E-state index is 0.198. The molecule has 3 aromatic heterocycles. The van der Waals surface area contributed by atoms with Gasteiger partial charge in [0, 0.05) is 12.4 Å². The third-order valence-corrected chi connectivity index (χ3v) is 3.63. The molecule has 0 amide bonds. The number of hydrogen-bond acceptors (Lipinski definition) is 3. The topological polar surface area (TPSA) is 63.1 Å². The number of aryl methyl sites for hydroxylation is 2. The summed E-state index contributed by atoms with van der Waals surface area (Å²) in [5.41, 5.74) is 3.32. The highest BCUT2D eigenvalue weighted by molar-refractivity contribution is 5.43. The van der Waals surface area contributed by atoms with E-state index in [0.717, 1.165) is 17.0 Å². The maximum Gasteiger partial charge on any atom is 0.269 e. The van der Waals surface area contributed by atoms with Gasteiger partial charge in [0.05, 0.1) is 17.9 Å². The lowest BCUT2D eigenvalue weighted by Crippen LogP contribution is -2.24. The van der Waals surface area contributed by atoms with E-state index in [1.807, 2.05) is 41.8 Å². The van der Waals surface area contributed by atoms with Gasteiger partial charge in [-0.2, -0.15) is 5.26 Å². The van der Waals surface area contributed by atoms with Crippen LogP contribution in [-0.2, 0) is 6.54 Å². The van der Waals surface area contributed by atoms with E-state index in [1.165, 1.54) is 0 Å². The van der Waals surface area contributed by atoms with E-state index < -0.39 is 0 Å². The van der Waals surface area contributed by atoms with Crippen LogP contribution in [0.3, 0.4) is 0 Å². The highest BCUT2D eigenvalue weighted by atomic mass is 16.1. The average Bonchev–Trinajstić information content (AvgIpc) is 2.78. The van der Waals surface area contributed by atoms with E-state index in [0.29, 0.717) is 12.1 Å². The molecule has 0 fully saturated rings. The molecule has 5 heteroatoms. The summed E-state index contributed by atoms with van der Waals surface area (Å²) in [4.78, 5) is 16.8. The molecule has 0 bridgehead atoms. The summed E-state index contributed by atoms with van der Waals surface area (Å²) >= 11 is 0. The lowest BCUT2D eigenvalue weighted by molar-refractivity contribution is 0.724. The van der Waals surface area contributed by atoms with Gasteiger partial charge < -0.3 is 8.97 Å². The van der Waals surface area contributed by atoms with Gasteiger partial charge in [0.2, 0.25) is 0 Å². The van der Waals surface area contributed by atoms with E-state index in [4.69, 9.17) is 5.26 Å². The molecular weight excluding hydrogens is 264 g/mol. The molecule has 0 N–H and O–H groups in total. The fraction of sp³-hybridized carbons (Fsp3) is 0.188. The summed E-state index contributed by atoms with van der Waals surface area (Å²) in [6.07, 6.45) is 3.65. The predicted molar refractivity (Wildman–Crippen MR) is 79.2 cm³/mol. The van der Waals surface area contributed by atoms with Crippen molar-refractivity contribution in [3.63, 3.8) is 0 Å². The van der Waals surface area contributed by atoms with Gasteiger partial charge in [-0.1, -0.05) is 6.07 Å². The number of pyridine rings is 2. The summed E-state index contributed by atoms with van der Waals surface area (Å²) in [5.74, 6) is 0. The van der Waals surface area contributed by atoms with Gasteiger partial charge in [0.15, 0.2) is 0 Å². The molecule has 0 unspecified atom stereocenters. The Morgan fingerprint density at radius 2 is 2.05 bits per heavy atom. The van der Waals surface area contributed by atoms with Crippen LogP contribution in [0, 0.1) is 25.2 Å². The van der Waals surface area contributed by atoms with Crippen molar-refractivity contribution in [2.24, 2.45) is 0 Å². The van der Waals surface area contributed by atoms with Gasteiger partial charge in [-0.25, -0.2) is 4.98 Å². The van der Waals surface area contributed by atoms with E-state index in [-0.39, 0.29) is 11.1 Å². The van der Waals surface area contributed by atoms with Crippen LogP contribution in [0.15, 0.2) is 41.5 Å². The van der Waals surface area contributed by atoms with Gasteiger partial charge in [0.1, 0.15) is 17.3 Å². The molecule has 3 heterocycles. The maximum absolute atomic E-state index is 12.3. The van der Waals surface area contributed by atoms with Crippen molar-refractivity contribution in [1.29, 1.82) is 5.26 Å². The molecule has 3 aromatic rings. The molecule has 0 atom stereocenters. The van der Waals surface area contributed by atoms with Crippen molar-refractivity contribution in [2.45, 2.75) is 20.4 Å². The highest BCUT2D eigenvalue weighted by Crippen LogP contribution is 2.13. The van der Waals surface area contributed by atoms with Crippen molar-refractivity contribution < 1.29 is 0 Å². The Balaban J connectivity index is 2.14. The summed E-state index contributed by atoms with van der Waals surface area (Å²) in [6, 6.07) is 9.55. The Morgan fingerprint density at radius 3 is 2.81 bits per heavy atom. The van der Waals surface area contributed by atoms with Gasteiger partial charge in [0.25, 0.3) is 5.56 Å². The standard InChI is InChI=1S/C16H14N4O/c1-11-6-8-19(16(21)13(11)9-17)10-14-12(2)18-15-5-3-4-7-20(14)15/h3-8H,10H2,1-2H3. The van der Waals surface area contributed by atoms with Crippen LogP contribution >= 0.6 is 0 Å².